The highest BCUT2D eigenvalue weighted by Crippen LogP contribution is 2.36. The van der Waals surface area contributed by atoms with Crippen LogP contribution in [0, 0.1) is 6.92 Å². The highest BCUT2D eigenvalue weighted by molar-refractivity contribution is 5.79. The van der Waals surface area contributed by atoms with E-state index >= 15 is 0 Å². The Kier molecular flexibility index (Phi) is 6.52. The molecular formula is C26H33N7O. The first-order valence-electron chi connectivity index (χ1n) is 11.6. The van der Waals surface area contributed by atoms with Crippen molar-refractivity contribution in [2.24, 2.45) is 0 Å². The molecule has 3 heterocycles. The second-order valence-corrected chi connectivity index (χ2v) is 9.50. The lowest BCUT2D eigenvalue weighted by Gasteiger charge is -2.26. The molecular weight excluding hydrogens is 426 g/mol. The van der Waals surface area contributed by atoms with E-state index in [0.717, 1.165) is 44.9 Å². The van der Waals surface area contributed by atoms with Crippen LogP contribution in [-0.2, 0) is 4.79 Å². The molecule has 4 rings (SSSR count). The lowest BCUT2D eigenvalue weighted by molar-refractivity contribution is -0.132. The summed E-state index contributed by atoms with van der Waals surface area (Å²) < 4.78 is 1.80. The number of H-pyrrole nitrogens is 1. The monoisotopic (exact) mass is 459 g/mol. The van der Waals surface area contributed by atoms with E-state index in [1.54, 1.807) is 15.7 Å². The molecule has 4 aromatic rings. The number of carbonyl (C=O) groups is 1. The molecule has 0 aliphatic rings. The molecule has 8 heteroatoms. The Morgan fingerprint density at radius 3 is 2.44 bits per heavy atom. The smallest absolute Gasteiger partial charge is 0.236 e. The molecule has 1 unspecified atom stereocenters. The van der Waals surface area contributed by atoms with Crippen molar-refractivity contribution < 1.29 is 4.79 Å². The molecule has 0 radical (unpaired) electrons. The van der Waals surface area contributed by atoms with Crippen LogP contribution in [0.1, 0.15) is 49.4 Å². The van der Waals surface area contributed by atoms with Gasteiger partial charge in [0.1, 0.15) is 6.33 Å². The van der Waals surface area contributed by atoms with Gasteiger partial charge < -0.3 is 9.80 Å². The largest absolute Gasteiger partial charge is 0.338 e. The van der Waals surface area contributed by atoms with Gasteiger partial charge in [0, 0.05) is 24.4 Å². The molecule has 0 aliphatic carbocycles. The minimum absolute atomic E-state index is 0.0132. The van der Waals surface area contributed by atoms with Crippen LogP contribution in [0.15, 0.2) is 42.9 Å². The highest BCUT2D eigenvalue weighted by Gasteiger charge is 2.21. The van der Waals surface area contributed by atoms with Crippen LogP contribution < -0.4 is 0 Å². The summed E-state index contributed by atoms with van der Waals surface area (Å²) in [6.07, 6.45) is 3.55. The van der Waals surface area contributed by atoms with Crippen molar-refractivity contribution in [2.45, 2.75) is 39.7 Å². The zero-order valence-corrected chi connectivity index (χ0v) is 21.0. The van der Waals surface area contributed by atoms with Gasteiger partial charge in [0.25, 0.3) is 0 Å². The van der Waals surface area contributed by atoms with Gasteiger partial charge in [-0.3, -0.25) is 9.89 Å². The van der Waals surface area contributed by atoms with E-state index in [-0.39, 0.29) is 17.9 Å². The number of nitrogens with one attached hydrogen (secondary N) is 1. The fourth-order valence-electron chi connectivity index (χ4n) is 4.33. The average molecular weight is 460 g/mol. The molecule has 0 saturated heterocycles. The van der Waals surface area contributed by atoms with Crippen molar-refractivity contribution in [3.05, 3.63) is 59.5 Å². The van der Waals surface area contributed by atoms with Crippen molar-refractivity contribution in [1.29, 1.82) is 0 Å². The second-order valence-electron chi connectivity index (χ2n) is 9.50. The minimum Gasteiger partial charge on any atom is -0.338 e. The molecule has 178 valence electrons. The summed E-state index contributed by atoms with van der Waals surface area (Å²) >= 11 is 0. The first-order valence-corrected chi connectivity index (χ1v) is 11.6. The van der Waals surface area contributed by atoms with Crippen molar-refractivity contribution in [3.63, 3.8) is 0 Å². The van der Waals surface area contributed by atoms with E-state index in [2.05, 4.69) is 66.3 Å². The average Bonchev–Trinajstić information content (AvgIpc) is 3.45. The molecule has 1 amide bonds. The summed E-state index contributed by atoms with van der Waals surface area (Å²) in [6, 6.07) is 10.5. The molecule has 0 saturated carbocycles. The van der Waals surface area contributed by atoms with E-state index in [1.165, 1.54) is 0 Å². The third-order valence-electron chi connectivity index (χ3n) is 6.32. The number of fused-ring (bicyclic) bond motifs is 1. The fraction of sp³-hybridized carbons (Fsp3) is 0.385. The second kappa shape index (κ2) is 9.38. The maximum absolute atomic E-state index is 12.5. The molecule has 8 nitrogen and oxygen atoms in total. The van der Waals surface area contributed by atoms with E-state index in [4.69, 9.17) is 5.10 Å². The van der Waals surface area contributed by atoms with Crippen LogP contribution in [0.2, 0.25) is 0 Å². The van der Waals surface area contributed by atoms with Gasteiger partial charge in [-0.1, -0.05) is 38.1 Å². The predicted octanol–water partition coefficient (Wildman–Crippen LogP) is 4.30. The summed E-state index contributed by atoms with van der Waals surface area (Å²) in [5.74, 6) is 0.366. The Morgan fingerprint density at radius 1 is 1.09 bits per heavy atom. The topological polar surface area (TPSA) is 82.4 Å². The number of benzene rings is 1. The molecule has 0 fully saturated rings. The number of hydrogen-bond acceptors (Lipinski definition) is 5. The highest BCUT2D eigenvalue weighted by atomic mass is 16.2. The van der Waals surface area contributed by atoms with E-state index in [1.807, 2.05) is 39.2 Å². The molecule has 0 bridgehead atoms. The van der Waals surface area contributed by atoms with Gasteiger partial charge in [-0.15, -0.1) is 0 Å². The maximum atomic E-state index is 12.5. The number of amides is 1. The lowest BCUT2D eigenvalue weighted by atomic mass is 9.93. The fourth-order valence-corrected chi connectivity index (χ4v) is 4.33. The normalized spacial score (nSPS) is 12.6. The number of pyridine rings is 1. The van der Waals surface area contributed by atoms with Crippen molar-refractivity contribution >= 4 is 11.6 Å². The van der Waals surface area contributed by atoms with Gasteiger partial charge in [0.05, 0.1) is 24.0 Å². The van der Waals surface area contributed by atoms with Crippen LogP contribution in [0.3, 0.4) is 0 Å². The Hall–Kier alpha value is -3.52. The van der Waals surface area contributed by atoms with E-state index in [0.29, 0.717) is 6.54 Å². The molecule has 1 atom stereocenters. The Morgan fingerprint density at radius 2 is 1.79 bits per heavy atom. The zero-order valence-electron chi connectivity index (χ0n) is 21.0. The Balaban J connectivity index is 1.66. The minimum atomic E-state index is -0.0132. The zero-order chi connectivity index (χ0) is 24.6. The first kappa shape index (κ1) is 23.6. The molecule has 1 aromatic carbocycles. The SMILES string of the molecule is Cc1cc(-c2n[nH]c(-c3ccc(C(C)N(C)C(=O)CN(C)C)cc3)c2C(C)C)cn2ncnc12. The van der Waals surface area contributed by atoms with Crippen LogP contribution >= 0.6 is 0 Å². The van der Waals surface area contributed by atoms with Crippen LogP contribution in [0.5, 0.6) is 0 Å². The summed E-state index contributed by atoms with van der Waals surface area (Å²) in [7, 11) is 5.67. The third kappa shape index (κ3) is 4.46. The van der Waals surface area contributed by atoms with Crippen LogP contribution in [-0.4, -0.2) is 68.2 Å². The van der Waals surface area contributed by atoms with Gasteiger partial charge in [0.2, 0.25) is 5.91 Å². The number of nitrogens with zero attached hydrogens (tertiary/aromatic N) is 6. The van der Waals surface area contributed by atoms with Crippen LogP contribution in [0.25, 0.3) is 28.2 Å². The van der Waals surface area contributed by atoms with Crippen molar-refractivity contribution in [2.75, 3.05) is 27.7 Å². The number of aryl methyl sites for hydroxylation is 1. The van der Waals surface area contributed by atoms with Crippen LogP contribution in [0.4, 0.5) is 0 Å². The Labute approximate surface area is 200 Å². The number of rotatable bonds is 7. The van der Waals surface area contributed by atoms with Gasteiger partial charge in [-0.25, -0.2) is 9.50 Å². The van der Waals surface area contributed by atoms with Gasteiger partial charge in [-0.2, -0.15) is 10.2 Å². The molecule has 0 aliphatic heterocycles. The quantitative estimate of drug-likeness (QED) is 0.446. The number of carbonyl (C=O) groups excluding carboxylic acids is 1. The molecule has 3 aromatic heterocycles. The van der Waals surface area contributed by atoms with Gasteiger partial charge in [0.15, 0.2) is 5.65 Å². The number of aromatic nitrogens is 5. The summed E-state index contributed by atoms with van der Waals surface area (Å²) in [5.41, 5.74) is 8.18. The number of hydrogen-bond donors (Lipinski definition) is 1. The van der Waals surface area contributed by atoms with Gasteiger partial charge >= 0.3 is 0 Å². The van der Waals surface area contributed by atoms with Gasteiger partial charge in [-0.05, 0) is 56.6 Å². The molecule has 1 N–H and O–H groups in total. The van der Waals surface area contributed by atoms with E-state index in [9.17, 15) is 4.79 Å². The van der Waals surface area contributed by atoms with E-state index < -0.39 is 0 Å². The summed E-state index contributed by atoms with van der Waals surface area (Å²) in [6.45, 7) is 8.85. The standard InChI is InChI=1S/C26H33N7O/c1-16(2)23-24(29-30-25(23)21-12-17(3)26-27-15-28-33(26)13-21)20-10-8-19(9-11-20)18(4)32(7)22(34)14-31(5)6/h8-13,15-16,18H,14H2,1-7H3,(H,29,30). The molecule has 34 heavy (non-hydrogen) atoms. The number of aromatic amines is 1. The lowest BCUT2D eigenvalue weighted by Crippen LogP contribution is -2.36. The maximum Gasteiger partial charge on any atom is 0.236 e. The number of likely N-dealkylation sites (N-methyl/N-ethyl adjacent to an activating group) is 2. The third-order valence-corrected chi connectivity index (χ3v) is 6.32. The Bertz CT molecular complexity index is 1300. The summed E-state index contributed by atoms with van der Waals surface area (Å²) in [4.78, 5) is 20.5. The molecule has 0 spiro atoms. The van der Waals surface area contributed by atoms with Crippen molar-refractivity contribution in [3.8, 4) is 22.5 Å². The van der Waals surface area contributed by atoms with Crippen molar-refractivity contribution in [1.82, 2.24) is 34.6 Å². The predicted molar refractivity (Wildman–Crippen MR) is 135 cm³/mol. The summed E-state index contributed by atoms with van der Waals surface area (Å²) in [5, 5.41) is 12.3. The first-order chi connectivity index (χ1) is 16.2.